The summed E-state index contributed by atoms with van der Waals surface area (Å²) in [7, 11) is 1.99. The van der Waals surface area contributed by atoms with E-state index in [9.17, 15) is 0 Å². The Labute approximate surface area is 96.3 Å². The van der Waals surface area contributed by atoms with Crippen LogP contribution < -0.4 is 10.6 Å². The van der Waals surface area contributed by atoms with Gasteiger partial charge in [0.2, 0.25) is 0 Å². The molecule has 1 unspecified atom stereocenters. The van der Waals surface area contributed by atoms with Crippen molar-refractivity contribution < 1.29 is 0 Å². The zero-order valence-electron chi connectivity index (χ0n) is 9.84. The molecule has 1 heterocycles. The summed E-state index contributed by atoms with van der Waals surface area (Å²) in [6.45, 7) is 6.45. The van der Waals surface area contributed by atoms with Gasteiger partial charge in [0.25, 0.3) is 0 Å². The molecule has 0 fully saturated rings. The van der Waals surface area contributed by atoms with Gasteiger partial charge in [0.15, 0.2) is 0 Å². The van der Waals surface area contributed by atoms with Crippen molar-refractivity contribution in [2.75, 3.05) is 20.1 Å². The second-order valence-electron chi connectivity index (χ2n) is 3.80. The van der Waals surface area contributed by atoms with Gasteiger partial charge >= 0.3 is 0 Å². The molecule has 2 N–H and O–H groups in total. The van der Waals surface area contributed by atoms with Crippen molar-refractivity contribution >= 4 is 11.3 Å². The lowest BCUT2D eigenvalue weighted by Crippen LogP contribution is -2.20. The molecule has 1 aromatic rings. The lowest BCUT2D eigenvalue weighted by Gasteiger charge is -2.10. The van der Waals surface area contributed by atoms with E-state index in [0.29, 0.717) is 6.04 Å². The van der Waals surface area contributed by atoms with E-state index in [-0.39, 0.29) is 0 Å². The Bertz CT molecular complexity index is 273. The van der Waals surface area contributed by atoms with E-state index in [2.05, 4.69) is 29.5 Å². The Hall–Kier alpha value is -0.450. The number of hydrogen-bond donors (Lipinski definition) is 2. The minimum absolute atomic E-state index is 0.387. The molecule has 0 saturated carbocycles. The third-order valence-corrected chi connectivity index (χ3v) is 3.41. The number of aromatic nitrogens is 1. The van der Waals surface area contributed by atoms with E-state index in [4.69, 9.17) is 0 Å². The molecule has 0 bridgehead atoms. The molecule has 0 aromatic carbocycles. The molecule has 1 rings (SSSR count). The van der Waals surface area contributed by atoms with Gasteiger partial charge in [-0.2, -0.15) is 0 Å². The second kappa shape index (κ2) is 6.93. The molecule has 86 valence electrons. The van der Waals surface area contributed by atoms with Crippen LogP contribution in [0.15, 0.2) is 6.20 Å². The average Bonchev–Trinajstić information content (AvgIpc) is 2.64. The maximum Gasteiger partial charge on any atom is 0.109 e. The lowest BCUT2D eigenvalue weighted by molar-refractivity contribution is 0.539. The Morgan fingerprint density at radius 2 is 2.13 bits per heavy atom. The highest BCUT2D eigenvalue weighted by Gasteiger charge is 2.07. The van der Waals surface area contributed by atoms with Crippen LogP contribution in [-0.4, -0.2) is 25.1 Å². The van der Waals surface area contributed by atoms with Gasteiger partial charge in [0, 0.05) is 11.1 Å². The van der Waals surface area contributed by atoms with Crippen molar-refractivity contribution in [3.05, 3.63) is 16.1 Å². The van der Waals surface area contributed by atoms with E-state index >= 15 is 0 Å². The molecule has 0 aliphatic carbocycles. The molecule has 0 aliphatic rings. The maximum absolute atomic E-state index is 4.37. The van der Waals surface area contributed by atoms with Crippen LogP contribution in [0.3, 0.4) is 0 Å². The van der Waals surface area contributed by atoms with Gasteiger partial charge in [-0.05, 0) is 46.8 Å². The van der Waals surface area contributed by atoms with Gasteiger partial charge in [-0.1, -0.05) is 0 Å². The Kier molecular flexibility index (Phi) is 5.83. The zero-order valence-corrected chi connectivity index (χ0v) is 10.7. The fraction of sp³-hybridized carbons (Fsp3) is 0.727. The molecule has 0 amide bonds. The van der Waals surface area contributed by atoms with Crippen LogP contribution in [0.25, 0.3) is 0 Å². The quantitative estimate of drug-likeness (QED) is 0.701. The van der Waals surface area contributed by atoms with E-state index in [1.54, 1.807) is 11.3 Å². The molecule has 1 atom stereocenters. The number of unbranched alkanes of at least 4 members (excludes halogenated alkanes) is 1. The van der Waals surface area contributed by atoms with Gasteiger partial charge in [0.1, 0.15) is 5.01 Å². The van der Waals surface area contributed by atoms with Crippen LogP contribution in [-0.2, 0) is 0 Å². The fourth-order valence-corrected chi connectivity index (χ4v) is 2.21. The van der Waals surface area contributed by atoms with Crippen molar-refractivity contribution in [2.24, 2.45) is 0 Å². The molecular formula is C11H21N3S. The largest absolute Gasteiger partial charge is 0.320 e. The molecule has 0 spiro atoms. The summed E-state index contributed by atoms with van der Waals surface area (Å²) < 4.78 is 0. The van der Waals surface area contributed by atoms with Crippen LogP contribution in [0.5, 0.6) is 0 Å². The second-order valence-corrected chi connectivity index (χ2v) is 5.06. The van der Waals surface area contributed by atoms with Gasteiger partial charge in [-0.15, -0.1) is 11.3 Å². The van der Waals surface area contributed by atoms with Gasteiger partial charge in [-0.25, -0.2) is 4.98 Å². The summed E-state index contributed by atoms with van der Waals surface area (Å²) in [6.07, 6.45) is 4.39. The highest BCUT2D eigenvalue weighted by atomic mass is 32.1. The molecule has 1 aromatic heterocycles. The van der Waals surface area contributed by atoms with Crippen molar-refractivity contribution in [2.45, 2.75) is 32.7 Å². The highest BCUT2D eigenvalue weighted by molar-refractivity contribution is 7.11. The van der Waals surface area contributed by atoms with E-state index < -0.39 is 0 Å². The summed E-state index contributed by atoms with van der Waals surface area (Å²) in [5, 5.41) is 7.84. The third-order valence-electron chi connectivity index (χ3n) is 2.31. The fourth-order valence-electron chi connectivity index (χ4n) is 1.41. The molecule has 0 aliphatic heterocycles. The predicted octanol–water partition coefficient (Wildman–Crippen LogP) is 2.10. The summed E-state index contributed by atoms with van der Waals surface area (Å²) in [6, 6.07) is 0.387. The normalized spacial score (nSPS) is 13.0. The summed E-state index contributed by atoms with van der Waals surface area (Å²) in [5.74, 6) is 0. The molecule has 3 nitrogen and oxygen atoms in total. The topological polar surface area (TPSA) is 37.0 Å². The summed E-state index contributed by atoms with van der Waals surface area (Å²) in [5.41, 5.74) is 0. The number of nitrogens with one attached hydrogen (secondary N) is 2. The predicted molar refractivity (Wildman–Crippen MR) is 66.4 cm³/mol. The molecular weight excluding hydrogens is 206 g/mol. The monoisotopic (exact) mass is 227 g/mol. The number of thiazole rings is 1. The third kappa shape index (κ3) is 4.73. The van der Waals surface area contributed by atoms with E-state index in [1.807, 2.05) is 13.2 Å². The van der Waals surface area contributed by atoms with E-state index in [0.717, 1.165) is 13.1 Å². The number of rotatable bonds is 7. The first kappa shape index (κ1) is 12.6. The minimum Gasteiger partial charge on any atom is -0.320 e. The zero-order chi connectivity index (χ0) is 11.1. The molecule has 15 heavy (non-hydrogen) atoms. The number of hydrogen-bond acceptors (Lipinski definition) is 4. The first-order valence-electron chi connectivity index (χ1n) is 5.54. The van der Waals surface area contributed by atoms with E-state index in [1.165, 1.54) is 22.7 Å². The van der Waals surface area contributed by atoms with Crippen LogP contribution in [0, 0.1) is 6.92 Å². The first-order chi connectivity index (χ1) is 7.24. The Balaban J connectivity index is 2.16. The smallest absolute Gasteiger partial charge is 0.109 e. The SMILES string of the molecule is CNCCCCNC(C)c1ncc(C)s1. The lowest BCUT2D eigenvalue weighted by atomic mass is 10.3. The summed E-state index contributed by atoms with van der Waals surface area (Å²) in [4.78, 5) is 5.66. The van der Waals surface area contributed by atoms with Crippen molar-refractivity contribution in [3.8, 4) is 0 Å². The number of nitrogens with zero attached hydrogens (tertiary/aromatic N) is 1. The van der Waals surface area contributed by atoms with Crippen LogP contribution >= 0.6 is 11.3 Å². The highest BCUT2D eigenvalue weighted by Crippen LogP contribution is 2.18. The standard InChI is InChI=1S/C11H21N3S/c1-9-8-14-11(15-9)10(2)13-7-5-4-6-12-3/h8,10,12-13H,4-7H2,1-3H3. The molecule has 0 saturated heterocycles. The van der Waals surface area contributed by atoms with Crippen molar-refractivity contribution in [3.63, 3.8) is 0 Å². The van der Waals surface area contributed by atoms with Crippen LogP contribution in [0.2, 0.25) is 0 Å². The van der Waals surface area contributed by atoms with Crippen LogP contribution in [0.4, 0.5) is 0 Å². The minimum atomic E-state index is 0.387. The average molecular weight is 227 g/mol. The summed E-state index contributed by atoms with van der Waals surface area (Å²) >= 11 is 1.78. The van der Waals surface area contributed by atoms with Crippen molar-refractivity contribution in [1.29, 1.82) is 0 Å². The van der Waals surface area contributed by atoms with Gasteiger partial charge in [-0.3, -0.25) is 0 Å². The van der Waals surface area contributed by atoms with Gasteiger partial charge < -0.3 is 10.6 Å². The molecule has 0 radical (unpaired) electrons. The Morgan fingerprint density at radius 1 is 1.40 bits per heavy atom. The van der Waals surface area contributed by atoms with Crippen LogP contribution in [0.1, 0.15) is 35.7 Å². The van der Waals surface area contributed by atoms with Gasteiger partial charge in [0.05, 0.1) is 6.04 Å². The maximum atomic E-state index is 4.37. The Morgan fingerprint density at radius 3 is 2.73 bits per heavy atom. The number of aryl methyl sites for hydroxylation is 1. The molecule has 4 heteroatoms. The van der Waals surface area contributed by atoms with Crippen molar-refractivity contribution in [1.82, 2.24) is 15.6 Å². The first-order valence-corrected chi connectivity index (χ1v) is 6.36.